The molecule has 4 rings (SSSR count). The Kier molecular flexibility index (Phi) is 4.49. The first-order valence-corrected chi connectivity index (χ1v) is 10.1. The van der Waals surface area contributed by atoms with Crippen LogP contribution in [0.15, 0.2) is 40.7 Å². The van der Waals surface area contributed by atoms with Crippen LogP contribution in [0, 0.1) is 15.5 Å². The van der Waals surface area contributed by atoms with E-state index in [2.05, 4.69) is 15.4 Å². The van der Waals surface area contributed by atoms with E-state index < -0.39 is 11.0 Å². The molecule has 0 unspecified atom stereocenters. The van der Waals surface area contributed by atoms with E-state index in [1.165, 1.54) is 17.8 Å². The zero-order chi connectivity index (χ0) is 20.1. The number of nitro groups is 1. The number of Topliss-reactive ketones (excluding diaryl/α,β-unsaturated/α-hetero) is 1. The van der Waals surface area contributed by atoms with Crippen molar-refractivity contribution in [1.29, 1.82) is 0 Å². The second-order valence-electron chi connectivity index (χ2n) is 7.77. The van der Waals surface area contributed by atoms with Gasteiger partial charge in [0.25, 0.3) is 5.69 Å². The SMILES string of the molecule is CCSc1nc2n(n1)[C@H](c1ccccc1[N+](=O)[O-])C1=C(CC(C)(C)CC1=O)N2. The molecule has 8 nitrogen and oxygen atoms in total. The van der Waals surface area contributed by atoms with Gasteiger partial charge in [-0.2, -0.15) is 4.98 Å². The maximum Gasteiger partial charge on any atom is 0.275 e. The minimum Gasteiger partial charge on any atom is -0.328 e. The summed E-state index contributed by atoms with van der Waals surface area (Å²) in [5.74, 6) is 1.31. The van der Waals surface area contributed by atoms with Crippen LogP contribution in [0.4, 0.5) is 11.6 Å². The summed E-state index contributed by atoms with van der Waals surface area (Å²) in [4.78, 5) is 28.9. The first-order valence-electron chi connectivity index (χ1n) is 9.16. The molecule has 28 heavy (non-hydrogen) atoms. The fourth-order valence-corrected chi connectivity index (χ4v) is 4.51. The van der Waals surface area contributed by atoms with Crippen LogP contribution in [-0.4, -0.2) is 31.2 Å². The van der Waals surface area contributed by atoms with Gasteiger partial charge in [0, 0.05) is 23.8 Å². The summed E-state index contributed by atoms with van der Waals surface area (Å²) in [6.45, 7) is 6.11. The Balaban J connectivity index is 1.94. The highest BCUT2D eigenvalue weighted by atomic mass is 32.2. The summed E-state index contributed by atoms with van der Waals surface area (Å²) in [5.41, 5.74) is 1.59. The van der Waals surface area contributed by atoms with Gasteiger partial charge in [-0.3, -0.25) is 14.9 Å². The van der Waals surface area contributed by atoms with Crippen LogP contribution < -0.4 is 5.32 Å². The predicted molar refractivity (Wildman–Crippen MR) is 106 cm³/mol. The number of carbonyl (C=O) groups excluding carboxylic acids is 1. The third-order valence-corrected chi connectivity index (χ3v) is 5.73. The highest BCUT2D eigenvalue weighted by Crippen LogP contribution is 2.47. The molecule has 9 heteroatoms. The van der Waals surface area contributed by atoms with Crippen molar-refractivity contribution in [3.63, 3.8) is 0 Å². The zero-order valence-corrected chi connectivity index (χ0v) is 16.7. The molecule has 1 aliphatic carbocycles. The van der Waals surface area contributed by atoms with E-state index in [1.54, 1.807) is 22.9 Å². The molecule has 0 bridgehead atoms. The number of aromatic nitrogens is 3. The van der Waals surface area contributed by atoms with Crippen molar-refractivity contribution in [3.05, 3.63) is 51.2 Å². The van der Waals surface area contributed by atoms with Crippen molar-refractivity contribution in [2.45, 2.75) is 44.8 Å². The standard InChI is InChI=1S/C19H21N5O3S/c1-4-28-18-21-17-20-12-9-19(2,3)10-14(25)15(12)16(23(17)22-18)11-7-5-6-8-13(11)24(26)27/h5-8,16H,4,9-10H2,1-3H3,(H,20,21,22)/t16-/m1/s1. The van der Waals surface area contributed by atoms with Crippen molar-refractivity contribution in [3.8, 4) is 0 Å². The van der Waals surface area contributed by atoms with Gasteiger partial charge >= 0.3 is 0 Å². The van der Waals surface area contributed by atoms with Crippen LogP contribution in [0.2, 0.25) is 0 Å². The van der Waals surface area contributed by atoms with Crippen molar-refractivity contribution < 1.29 is 9.72 Å². The monoisotopic (exact) mass is 399 g/mol. The van der Waals surface area contributed by atoms with E-state index >= 15 is 0 Å². The molecule has 0 saturated carbocycles. The number of thioether (sulfide) groups is 1. The number of benzene rings is 1. The second kappa shape index (κ2) is 6.73. The molecule has 1 aromatic heterocycles. The third kappa shape index (κ3) is 3.09. The van der Waals surface area contributed by atoms with Crippen LogP contribution in [-0.2, 0) is 4.79 Å². The van der Waals surface area contributed by atoms with Gasteiger partial charge in [0.15, 0.2) is 5.78 Å². The number of rotatable bonds is 4. The largest absolute Gasteiger partial charge is 0.328 e. The average Bonchev–Trinajstić information content (AvgIpc) is 3.01. The summed E-state index contributed by atoms with van der Waals surface area (Å²) in [5, 5.41) is 20.1. The predicted octanol–water partition coefficient (Wildman–Crippen LogP) is 3.96. The number of fused-ring (bicyclic) bond motifs is 1. The van der Waals surface area contributed by atoms with E-state index in [0.717, 1.165) is 11.4 Å². The second-order valence-corrected chi connectivity index (χ2v) is 9.00. The van der Waals surface area contributed by atoms with E-state index in [9.17, 15) is 14.9 Å². The highest BCUT2D eigenvalue weighted by molar-refractivity contribution is 7.99. The van der Waals surface area contributed by atoms with Gasteiger partial charge in [-0.05, 0) is 23.7 Å². The number of hydrogen-bond acceptors (Lipinski definition) is 7. The Bertz CT molecular complexity index is 1010. The number of ketones is 1. The zero-order valence-electron chi connectivity index (χ0n) is 15.9. The first-order chi connectivity index (χ1) is 13.3. The quantitative estimate of drug-likeness (QED) is 0.471. The molecule has 2 aromatic rings. The topological polar surface area (TPSA) is 103 Å². The highest BCUT2D eigenvalue weighted by Gasteiger charge is 2.43. The van der Waals surface area contributed by atoms with Gasteiger partial charge in [0.2, 0.25) is 11.1 Å². The van der Waals surface area contributed by atoms with Crippen molar-refractivity contribution >= 4 is 29.2 Å². The average molecular weight is 399 g/mol. The minimum atomic E-state index is -0.657. The Morgan fingerprint density at radius 2 is 2.11 bits per heavy atom. The molecule has 2 heterocycles. The number of nitrogens with zero attached hydrogens (tertiary/aromatic N) is 4. The number of nitrogens with one attached hydrogen (secondary N) is 1. The summed E-state index contributed by atoms with van der Waals surface area (Å²) < 4.78 is 1.62. The number of carbonyl (C=O) groups is 1. The van der Waals surface area contributed by atoms with E-state index in [4.69, 9.17) is 0 Å². The van der Waals surface area contributed by atoms with Gasteiger partial charge in [0.05, 0.1) is 10.5 Å². The molecule has 146 valence electrons. The fourth-order valence-electron chi connectivity index (χ4n) is 3.95. The molecular weight excluding hydrogens is 378 g/mol. The normalized spacial score (nSPS) is 20.4. The molecule has 1 aliphatic heterocycles. The van der Waals surface area contributed by atoms with Crippen molar-refractivity contribution in [1.82, 2.24) is 14.8 Å². The summed E-state index contributed by atoms with van der Waals surface area (Å²) in [7, 11) is 0. The first kappa shape index (κ1) is 18.7. The van der Waals surface area contributed by atoms with Crippen molar-refractivity contribution in [2.75, 3.05) is 11.1 Å². The molecule has 0 radical (unpaired) electrons. The number of hydrogen-bond donors (Lipinski definition) is 1. The molecule has 1 aromatic carbocycles. The minimum absolute atomic E-state index is 0.00672. The molecule has 0 fully saturated rings. The van der Waals surface area contributed by atoms with Crippen LogP contribution in [0.25, 0.3) is 0 Å². The lowest BCUT2D eigenvalue weighted by atomic mass is 9.73. The van der Waals surface area contributed by atoms with Crippen LogP contribution in [0.3, 0.4) is 0 Å². The fraction of sp³-hybridized carbons (Fsp3) is 0.421. The van der Waals surface area contributed by atoms with E-state index in [-0.39, 0.29) is 16.9 Å². The Morgan fingerprint density at radius 1 is 1.36 bits per heavy atom. The molecule has 0 spiro atoms. The van der Waals surface area contributed by atoms with E-state index in [1.807, 2.05) is 20.8 Å². The summed E-state index contributed by atoms with van der Waals surface area (Å²) >= 11 is 1.49. The number of para-hydroxylation sites is 1. The van der Waals surface area contributed by atoms with Crippen LogP contribution >= 0.6 is 11.8 Å². The lowest BCUT2D eigenvalue weighted by Gasteiger charge is -2.38. The van der Waals surface area contributed by atoms with Crippen LogP contribution in [0.5, 0.6) is 0 Å². The van der Waals surface area contributed by atoms with Gasteiger partial charge in [0.1, 0.15) is 6.04 Å². The third-order valence-electron chi connectivity index (χ3n) is 5.01. The lowest BCUT2D eigenvalue weighted by Crippen LogP contribution is -2.36. The molecule has 2 aliphatic rings. The summed E-state index contributed by atoms with van der Waals surface area (Å²) in [6.07, 6.45) is 1.07. The number of anilines is 1. The van der Waals surface area contributed by atoms with Gasteiger partial charge in [-0.1, -0.05) is 44.7 Å². The Morgan fingerprint density at radius 3 is 2.82 bits per heavy atom. The summed E-state index contributed by atoms with van der Waals surface area (Å²) in [6, 6.07) is 5.89. The van der Waals surface area contributed by atoms with Gasteiger partial charge in [-0.25, -0.2) is 4.68 Å². The van der Waals surface area contributed by atoms with Gasteiger partial charge < -0.3 is 5.32 Å². The molecule has 1 N–H and O–H groups in total. The van der Waals surface area contributed by atoms with Gasteiger partial charge in [-0.15, -0.1) is 5.10 Å². The van der Waals surface area contributed by atoms with Crippen molar-refractivity contribution in [2.24, 2.45) is 5.41 Å². The molecule has 0 amide bonds. The smallest absolute Gasteiger partial charge is 0.275 e. The lowest BCUT2D eigenvalue weighted by molar-refractivity contribution is -0.385. The molecular formula is C19H21N5O3S. The maximum atomic E-state index is 13.1. The number of allylic oxidation sites excluding steroid dienone is 2. The molecule has 0 saturated heterocycles. The number of nitro benzene ring substituents is 1. The van der Waals surface area contributed by atoms with Crippen LogP contribution in [0.1, 0.15) is 45.2 Å². The molecule has 1 atom stereocenters. The van der Waals surface area contributed by atoms with E-state index in [0.29, 0.717) is 35.1 Å². The maximum absolute atomic E-state index is 13.1. The Labute approximate surface area is 166 Å². The Hall–Kier alpha value is -2.68.